The van der Waals surface area contributed by atoms with E-state index in [9.17, 15) is 13.2 Å². The van der Waals surface area contributed by atoms with Crippen LogP contribution in [0.5, 0.6) is 0 Å². The Morgan fingerprint density at radius 1 is 1.09 bits per heavy atom. The Kier molecular flexibility index (Phi) is 3.51. The molecule has 0 radical (unpaired) electrons. The van der Waals surface area contributed by atoms with Gasteiger partial charge in [-0.05, 0) is 12.1 Å². The van der Waals surface area contributed by atoms with Gasteiger partial charge in [0.2, 0.25) is 0 Å². The van der Waals surface area contributed by atoms with E-state index in [0.29, 0.717) is 0 Å². The van der Waals surface area contributed by atoms with Crippen LogP contribution in [0.25, 0.3) is 0 Å². The van der Waals surface area contributed by atoms with Crippen LogP contribution >= 0.6 is 17.0 Å². The molecule has 0 unspecified atom stereocenters. The number of rotatable bonds is 0. The van der Waals surface area contributed by atoms with Crippen LogP contribution in [0.3, 0.4) is 0 Å². The molecule has 0 N–H and O–H groups in total. The highest BCUT2D eigenvalue weighted by atomic mass is 79.9. The van der Waals surface area contributed by atoms with Crippen molar-refractivity contribution in [2.24, 2.45) is 0 Å². The van der Waals surface area contributed by atoms with E-state index in [0.717, 1.165) is 24.5 Å². The highest BCUT2D eigenvalue weighted by Gasteiger charge is 2.29. The van der Waals surface area contributed by atoms with Crippen LogP contribution in [0.1, 0.15) is 5.56 Å². The third-order valence-corrected chi connectivity index (χ3v) is 1.01. The molecule has 0 aliphatic heterocycles. The second kappa shape index (κ2) is 3.71. The van der Waals surface area contributed by atoms with Crippen molar-refractivity contribution in [2.75, 3.05) is 0 Å². The van der Waals surface area contributed by atoms with Crippen molar-refractivity contribution >= 4 is 17.0 Å². The fraction of sp³-hybridized carbons (Fsp3) is 0.167. The van der Waals surface area contributed by atoms with Crippen LogP contribution < -0.4 is 0 Å². The lowest BCUT2D eigenvalue weighted by Crippen LogP contribution is -2.03. The van der Waals surface area contributed by atoms with E-state index in [1.54, 1.807) is 0 Å². The lowest BCUT2D eigenvalue weighted by atomic mass is 10.3. The number of hydrogen-bond acceptors (Lipinski definition) is 1. The summed E-state index contributed by atoms with van der Waals surface area (Å²) in [4.78, 5) is 3.46. The van der Waals surface area contributed by atoms with Crippen LogP contribution in [0.2, 0.25) is 0 Å². The highest BCUT2D eigenvalue weighted by Crippen LogP contribution is 2.27. The Labute approximate surface area is 72.0 Å². The minimum atomic E-state index is -4.25. The molecule has 1 aromatic rings. The normalized spacial score (nSPS) is 10.5. The van der Waals surface area contributed by atoms with Crippen LogP contribution in [-0.4, -0.2) is 4.98 Å². The first-order chi connectivity index (χ1) is 4.61. The molecule has 1 nitrogen and oxygen atoms in total. The summed E-state index contributed by atoms with van der Waals surface area (Å²) in [5.74, 6) is 0. The van der Waals surface area contributed by atoms with Crippen LogP contribution in [0, 0.1) is 0 Å². The summed E-state index contributed by atoms with van der Waals surface area (Å²) >= 11 is 0. The second-order valence-corrected chi connectivity index (χ2v) is 1.73. The molecule has 1 heterocycles. The van der Waals surface area contributed by atoms with Gasteiger partial charge in [-0.2, -0.15) is 13.2 Å². The van der Waals surface area contributed by atoms with Crippen LogP contribution in [0.15, 0.2) is 24.5 Å². The van der Waals surface area contributed by atoms with E-state index in [1.807, 2.05) is 0 Å². The summed E-state index contributed by atoms with van der Waals surface area (Å²) < 4.78 is 35.3. The molecule has 0 amide bonds. The number of halogens is 4. The molecule has 0 atom stereocenters. The maximum absolute atomic E-state index is 11.8. The van der Waals surface area contributed by atoms with Gasteiger partial charge in [-0.15, -0.1) is 17.0 Å². The van der Waals surface area contributed by atoms with Gasteiger partial charge in [-0.3, -0.25) is 4.98 Å². The molecule has 0 fully saturated rings. The summed E-state index contributed by atoms with van der Waals surface area (Å²) in [5, 5.41) is 0. The lowest BCUT2D eigenvalue weighted by molar-refractivity contribution is -0.137. The van der Waals surface area contributed by atoms with Gasteiger partial charge < -0.3 is 0 Å². The van der Waals surface area contributed by atoms with Gasteiger partial charge in [0.15, 0.2) is 0 Å². The topological polar surface area (TPSA) is 12.9 Å². The first-order valence-electron chi connectivity index (χ1n) is 2.58. The summed E-state index contributed by atoms with van der Waals surface area (Å²) in [6.45, 7) is 0. The van der Waals surface area contributed by atoms with Gasteiger partial charge in [0.05, 0.1) is 5.56 Å². The quantitative estimate of drug-likeness (QED) is 0.665. The third kappa shape index (κ3) is 2.88. The van der Waals surface area contributed by atoms with Crippen molar-refractivity contribution in [1.82, 2.24) is 4.98 Å². The highest BCUT2D eigenvalue weighted by molar-refractivity contribution is 8.93. The predicted octanol–water partition coefficient (Wildman–Crippen LogP) is 2.68. The molecule has 1 aromatic heterocycles. The van der Waals surface area contributed by atoms with Crippen molar-refractivity contribution in [3.05, 3.63) is 30.1 Å². The molecule has 0 aliphatic rings. The zero-order chi connectivity index (χ0) is 7.61. The van der Waals surface area contributed by atoms with Gasteiger partial charge in [0.25, 0.3) is 0 Å². The molecule has 0 bridgehead atoms. The Bertz CT molecular complexity index is 209. The Hall–Kier alpha value is -0.580. The van der Waals surface area contributed by atoms with Crippen molar-refractivity contribution < 1.29 is 13.2 Å². The summed E-state index contributed by atoms with van der Waals surface area (Å²) in [7, 11) is 0. The molecular weight excluding hydrogens is 223 g/mol. The summed E-state index contributed by atoms with van der Waals surface area (Å²) in [5.41, 5.74) is -0.664. The van der Waals surface area contributed by atoms with Gasteiger partial charge >= 0.3 is 6.18 Å². The van der Waals surface area contributed by atoms with E-state index in [1.165, 1.54) is 0 Å². The number of hydrogen-bond donors (Lipinski definition) is 0. The molecule has 11 heavy (non-hydrogen) atoms. The van der Waals surface area contributed by atoms with Crippen molar-refractivity contribution in [1.29, 1.82) is 0 Å². The standard InChI is InChI=1S/C6H4F3N.BrH/c7-6(8,9)5-1-3-10-4-2-5;/h1-4H;1H. The molecule has 0 spiro atoms. The summed E-state index contributed by atoms with van der Waals surface area (Å²) in [6.07, 6.45) is -2.02. The number of alkyl halides is 3. The van der Waals surface area contributed by atoms with E-state index in [-0.39, 0.29) is 17.0 Å². The Morgan fingerprint density at radius 2 is 1.55 bits per heavy atom. The van der Waals surface area contributed by atoms with Gasteiger partial charge in [-0.1, -0.05) is 0 Å². The minimum absolute atomic E-state index is 0. The molecule has 0 saturated carbocycles. The number of nitrogens with zero attached hydrogens (tertiary/aromatic N) is 1. The fourth-order valence-corrected chi connectivity index (χ4v) is 0.541. The van der Waals surface area contributed by atoms with Crippen molar-refractivity contribution in [3.8, 4) is 0 Å². The zero-order valence-electron chi connectivity index (χ0n) is 5.30. The van der Waals surface area contributed by atoms with Gasteiger partial charge in [0, 0.05) is 12.4 Å². The molecule has 5 heteroatoms. The predicted molar refractivity (Wildman–Crippen MR) is 39.6 cm³/mol. The molecule has 0 aromatic carbocycles. The molecular formula is C6H5BrF3N. The molecule has 1 rings (SSSR count). The molecule has 0 aliphatic carbocycles. The van der Waals surface area contributed by atoms with Crippen LogP contribution in [0.4, 0.5) is 13.2 Å². The van der Waals surface area contributed by atoms with E-state index >= 15 is 0 Å². The van der Waals surface area contributed by atoms with E-state index in [4.69, 9.17) is 0 Å². The maximum Gasteiger partial charge on any atom is 0.416 e. The smallest absolute Gasteiger partial charge is 0.265 e. The zero-order valence-corrected chi connectivity index (χ0v) is 7.01. The second-order valence-electron chi connectivity index (χ2n) is 1.73. The van der Waals surface area contributed by atoms with Crippen molar-refractivity contribution in [2.45, 2.75) is 6.18 Å². The Balaban J connectivity index is 0.000001000. The van der Waals surface area contributed by atoms with Crippen LogP contribution in [-0.2, 0) is 6.18 Å². The SMILES string of the molecule is Br.FC(F)(F)c1ccncc1. The molecule has 62 valence electrons. The largest absolute Gasteiger partial charge is 0.416 e. The maximum atomic E-state index is 11.8. The van der Waals surface area contributed by atoms with E-state index < -0.39 is 11.7 Å². The van der Waals surface area contributed by atoms with Gasteiger partial charge in [-0.25, -0.2) is 0 Å². The van der Waals surface area contributed by atoms with Crippen molar-refractivity contribution in [3.63, 3.8) is 0 Å². The number of aromatic nitrogens is 1. The third-order valence-electron chi connectivity index (χ3n) is 1.01. The van der Waals surface area contributed by atoms with E-state index in [2.05, 4.69) is 4.98 Å². The average Bonchev–Trinajstić information content (AvgIpc) is 1.88. The lowest BCUT2D eigenvalue weighted by Gasteiger charge is -2.03. The number of pyridine rings is 1. The fourth-order valence-electron chi connectivity index (χ4n) is 0.541. The first-order valence-corrected chi connectivity index (χ1v) is 2.58. The first kappa shape index (κ1) is 10.4. The monoisotopic (exact) mass is 227 g/mol. The summed E-state index contributed by atoms with van der Waals surface area (Å²) in [6, 6.07) is 1.86. The average molecular weight is 228 g/mol. The van der Waals surface area contributed by atoms with Gasteiger partial charge in [0.1, 0.15) is 0 Å². The minimum Gasteiger partial charge on any atom is -0.265 e. The molecule has 0 saturated heterocycles. The Morgan fingerprint density at radius 3 is 1.82 bits per heavy atom.